The van der Waals surface area contributed by atoms with Crippen LogP contribution in [0.25, 0.3) is 22.3 Å². The van der Waals surface area contributed by atoms with Crippen LogP contribution in [0.4, 0.5) is 17.6 Å². The van der Waals surface area contributed by atoms with Crippen LogP contribution in [0.5, 0.6) is 5.75 Å². The van der Waals surface area contributed by atoms with Gasteiger partial charge in [0.2, 0.25) is 0 Å². The van der Waals surface area contributed by atoms with Crippen molar-refractivity contribution in [2.45, 2.75) is 6.36 Å². The van der Waals surface area contributed by atoms with Crippen LogP contribution >= 0.6 is 0 Å². The van der Waals surface area contributed by atoms with E-state index in [1.807, 2.05) is 42.5 Å². The molecule has 0 heterocycles. The standard InChI is InChI=1S/C19H12F4O/c20-18-12-14(24-19(21,22)23)10-11-17(18)16-9-5-4-8-15(16)13-6-2-1-3-7-13/h1-12H. The van der Waals surface area contributed by atoms with Gasteiger partial charge in [0.25, 0.3) is 0 Å². The van der Waals surface area contributed by atoms with Crippen molar-refractivity contribution in [1.82, 2.24) is 0 Å². The first kappa shape index (κ1) is 16.1. The minimum atomic E-state index is -4.85. The Bertz CT molecular complexity index is 841. The third kappa shape index (κ3) is 3.56. The third-order valence-corrected chi connectivity index (χ3v) is 3.48. The molecule has 1 nitrogen and oxygen atoms in total. The number of alkyl halides is 3. The summed E-state index contributed by atoms with van der Waals surface area (Å²) in [5, 5.41) is 0. The highest BCUT2D eigenvalue weighted by molar-refractivity contribution is 5.83. The van der Waals surface area contributed by atoms with Crippen molar-refractivity contribution < 1.29 is 22.3 Å². The lowest BCUT2D eigenvalue weighted by atomic mass is 9.94. The molecule has 0 atom stereocenters. The predicted molar refractivity (Wildman–Crippen MR) is 84.0 cm³/mol. The molecule has 0 saturated heterocycles. The molecule has 3 aromatic rings. The highest BCUT2D eigenvalue weighted by Crippen LogP contribution is 2.35. The van der Waals surface area contributed by atoms with Gasteiger partial charge in [0.1, 0.15) is 11.6 Å². The molecule has 0 aliphatic carbocycles. The van der Waals surface area contributed by atoms with Crippen LogP contribution in [-0.2, 0) is 0 Å². The second-order valence-corrected chi connectivity index (χ2v) is 5.10. The van der Waals surface area contributed by atoms with E-state index in [4.69, 9.17) is 0 Å². The Morgan fingerprint density at radius 2 is 1.29 bits per heavy atom. The average molecular weight is 332 g/mol. The lowest BCUT2D eigenvalue weighted by Gasteiger charge is -2.13. The van der Waals surface area contributed by atoms with Crippen molar-refractivity contribution >= 4 is 0 Å². The van der Waals surface area contributed by atoms with Gasteiger partial charge >= 0.3 is 6.36 Å². The molecule has 0 amide bonds. The first-order valence-electron chi connectivity index (χ1n) is 7.14. The van der Waals surface area contributed by atoms with Crippen molar-refractivity contribution in [3.63, 3.8) is 0 Å². The lowest BCUT2D eigenvalue weighted by Crippen LogP contribution is -2.17. The van der Waals surface area contributed by atoms with Gasteiger partial charge in [-0.2, -0.15) is 0 Å². The van der Waals surface area contributed by atoms with Gasteiger partial charge in [0.15, 0.2) is 0 Å². The number of hydrogen-bond donors (Lipinski definition) is 0. The van der Waals surface area contributed by atoms with Crippen molar-refractivity contribution in [3.8, 4) is 28.0 Å². The number of ether oxygens (including phenoxy) is 1. The van der Waals surface area contributed by atoms with E-state index in [0.29, 0.717) is 5.56 Å². The monoisotopic (exact) mass is 332 g/mol. The van der Waals surface area contributed by atoms with Gasteiger partial charge in [-0.1, -0.05) is 54.6 Å². The van der Waals surface area contributed by atoms with E-state index in [1.165, 1.54) is 6.07 Å². The lowest BCUT2D eigenvalue weighted by molar-refractivity contribution is -0.274. The maximum atomic E-state index is 14.4. The van der Waals surface area contributed by atoms with Gasteiger partial charge in [0.05, 0.1) is 0 Å². The van der Waals surface area contributed by atoms with Gasteiger partial charge in [-0.15, -0.1) is 13.2 Å². The van der Waals surface area contributed by atoms with E-state index in [2.05, 4.69) is 4.74 Å². The molecular weight excluding hydrogens is 320 g/mol. The van der Waals surface area contributed by atoms with Crippen molar-refractivity contribution in [2.75, 3.05) is 0 Å². The van der Waals surface area contributed by atoms with Crippen LogP contribution in [0.15, 0.2) is 72.8 Å². The van der Waals surface area contributed by atoms with Crippen LogP contribution in [0.2, 0.25) is 0 Å². The molecular formula is C19H12F4O. The summed E-state index contributed by atoms with van der Waals surface area (Å²) in [5.74, 6) is -1.36. The van der Waals surface area contributed by atoms with E-state index in [0.717, 1.165) is 23.3 Å². The highest BCUT2D eigenvalue weighted by Gasteiger charge is 2.31. The summed E-state index contributed by atoms with van der Waals surface area (Å²) in [7, 11) is 0. The fraction of sp³-hybridized carbons (Fsp3) is 0.0526. The maximum Gasteiger partial charge on any atom is 0.573 e. The zero-order valence-corrected chi connectivity index (χ0v) is 12.3. The Hall–Kier alpha value is -2.82. The molecule has 0 spiro atoms. The molecule has 3 aromatic carbocycles. The average Bonchev–Trinajstić information content (AvgIpc) is 2.54. The molecule has 5 heteroatoms. The summed E-state index contributed by atoms with van der Waals surface area (Å²) < 4.78 is 54.8. The van der Waals surface area contributed by atoms with Gasteiger partial charge in [-0.25, -0.2) is 4.39 Å². The molecule has 122 valence electrons. The SMILES string of the molecule is Fc1cc(OC(F)(F)F)ccc1-c1ccccc1-c1ccccc1. The number of halogens is 4. The summed E-state index contributed by atoms with van der Waals surface area (Å²) in [6.07, 6.45) is -4.85. The molecule has 0 aromatic heterocycles. The van der Waals surface area contributed by atoms with Crippen LogP contribution in [0.3, 0.4) is 0 Å². The summed E-state index contributed by atoms with van der Waals surface area (Å²) >= 11 is 0. The molecule has 24 heavy (non-hydrogen) atoms. The van der Waals surface area contributed by atoms with Gasteiger partial charge in [-0.3, -0.25) is 0 Å². The third-order valence-electron chi connectivity index (χ3n) is 3.48. The summed E-state index contributed by atoms with van der Waals surface area (Å²) in [5.41, 5.74) is 2.49. The van der Waals surface area contributed by atoms with Gasteiger partial charge in [-0.05, 0) is 28.8 Å². The van der Waals surface area contributed by atoms with Gasteiger partial charge in [0, 0.05) is 11.6 Å². The molecule has 0 radical (unpaired) electrons. The second kappa shape index (κ2) is 6.35. The van der Waals surface area contributed by atoms with E-state index >= 15 is 0 Å². The number of rotatable bonds is 3. The van der Waals surface area contributed by atoms with Crippen LogP contribution in [0.1, 0.15) is 0 Å². The molecule has 0 aliphatic heterocycles. The van der Waals surface area contributed by atoms with Gasteiger partial charge < -0.3 is 4.74 Å². The molecule has 0 bridgehead atoms. The fourth-order valence-electron chi connectivity index (χ4n) is 2.50. The van der Waals surface area contributed by atoms with E-state index in [-0.39, 0.29) is 5.56 Å². The first-order chi connectivity index (χ1) is 11.4. The van der Waals surface area contributed by atoms with Crippen molar-refractivity contribution in [2.24, 2.45) is 0 Å². The summed E-state index contributed by atoms with van der Waals surface area (Å²) in [6, 6.07) is 19.6. The summed E-state index contributed by atoms with van der Waals surface area (Å²) in [4.78, 5) is 0. The molecule has 0 saturated carbocycles. The molecule has 0 unspecified atom stereocenters. The molecule has 0 aliphatic rings. The Morgan fingerprint density at radius 1 is 0.667 bits per heavy atom. The van der Waals surface area contributed by atoms with E-state index in [1.54, 1.807) is 12.1 Å². The maximum absolute atomic E-state index is 14.4. The fourth-order valence-corrected chi connectivity index (χ4v) is 2.50. The Kier molecular flexibility index (Phi) is 4.25. The normalized spacial score (nSPS) is 11.3. The molecule has 3 rings (SSSR count). The number of hydrogen-bond acceptors (Lipinski definition) is 1. The Labute approximate surface area is 136 Å². The predicted octanol–water partition coefficient (Wildman–Crippen LogP) is 6.06. The zero-order valence-electron chi connectivity index (χ0n) is 12.3. The quantitative estimate of drug-likeness (QED) is 0.530. The summed E-state index contributed by atoms with van der Waals surface area (Å²) in [6.45, 7) is 0. The van der Waals surface area contributed by atoms with Crippen molar-refractivity contribution in [1.29, 1.82) is 0 Å². The van der Waals surface area contributed by atoms with Crippen molar-refractivity contribution in [3.05, 3.63) is 78.6 Å². The minimum absolute atomic E-state index is 0.212. The molecule has 0 fully saturated rings. The Balaban J connectivity index is 2.04. The van der Waals surface area contributed by atoms with Crippen LogP contribution in [-0.4, -0.2) is 6.36 Å². The largest absolute Gasteiger partial charge is 0.573 e. The van der Waals surface area contributed by atoms with E-state index < -0.39 is 17.9 Å². The van der Waals surface area contributed by atoms with Crippen LogP contribution in [0, 0.1) is 5.82 Å². The second-order valence-electron chi connectivity index (χ2n) is 5.10. The molecule has 0 N–H and O–H groups in total. The highest BCUT2D eigenvalue weighted by atomic mass is 19.4. The Morgan fingerprint density at radius 3 is 1.92 bits per heavy atom. The minimum Gasteiger partial charge on any atom is -0.406 e. The van der Waals surface area contributed by atoms with E-state index in [9.17, 15) is 17.6 Å². The number of benzene rings is 3. The zero-order chi connectivity index (χ0) is 17.2. The van der Waals surface area contributed by atoms with Crippen LogP contribution < -0.4 is 4.74 Å². The topological polar surface area (TPSA) is 9.23 Å². The first-order valence-corrected chi connectivity index (χ1v) is 7.14. The smallest absolute Gasteiger partial charge is 0.406 e.